The van der Waals surface area contributed by atoms with Gasteiger partial charge in [0.25, 0.3) is 0 Å². The number of benzene rings is 3. The summed E-state index contributed by atoms with van der Waals surface area (Å²) in [5.74, 6) is -1.70. The Morgan fingerprint density at radius 3 is 2.39 bits per heavy atom. The third-order valence-corrected chi connectivity index (χ3v) is 7.91. The minimum atomic E-state index is -0.931. The summed E-state index contributed by atoms with van der Waals surface area (Å²) in [4.78, 5) is 15.6. The second kappa shape index (κ2) is 9.55. The molecule has 3 aromatic carbocycles. The number of halogens is 2. The summed E-state index contributed by atoms with van der Waals surface area (Å²) in [5.41, 5.74) is 4.06. The molecule has 0 spiro atoms. The number of nitrogens with zero attached hydrogens (tertiary/aromatic N) is 1. The van der Waals surface area contributed by atoms with Crippen molar-refractivity contribution in [1.29, 1.82) is 5.41 Å². The van der Waals surface area contributed by atoms with Crippen molar-refractivity contribution in [2.75, 3.05) is 4.90 Å². The topological polar surface area (TPSA) is 64.4 Å². The lowest BCUT2D eigenvalue weighted by Gasteiger charge is -2.45. The fourth-order valence-electron chi connectivity index (χ4n) is 5.61. The van der Waals surface area contributed by atoms with Gasteiger partial charge in [-0.25, -0.2) is 4.39 Å². The first kappa shape index (κ1) is 25.9. The highest BCUT2D eigenvalue weighted by atomic mass is 35.5. The van der Waals surface area contributed by atoms with Gasteiger partial charge in [-0.05, 0) is 49.4 Å². The first-order valence-electron chi connectivity index (χ1n) is 12.6. The zero-order valence-corrected chi connectivity index (χ0v) is 22.7. The van der Waals surface area contributed by atoms with Gasteiger partial charge in [-0.2, -0.15) is 0 Å². The fraction of sp³-hybridized carbons (Fsp3) is 0.250. The Morgan fingerprint density at radius 2 is 1.71 bits per heavy atom. The number of carbonyl (C=O) groups excluding carboxylic acids is 1. The zero-order valence-electron chi connectivity index (χ0n) is 21.9. The Bertz CT molecular complexity index is 1540. The number of nitrogens with one attached hydrogen (secondary N) is 1. The molecule has 2 N–H and O–H groups in total. The molecular formula is C32H30ClFN2O2. The van der Waals surface area contributed by atoms with Crippen LogP contribution in [0.25, 0.3) is 5.76 Å². The van der Waals surface area contributed by atoms with E-state index in [1.807, 2.05) is 45.9 Å². The molecule has 0 aromatic heterocycles. The third-order valence-electron chi connectivity index (χ3n) is 7.50. The highest BCUT2D eigenvalue weighted by Gasteiger charge is 2.47. The van der Waals surface area contributed by atoms with Gasteiger partial charge in [-0.1, -0.05) is 79.5 Å². The van der Waals surface area contributed by atoms with E-state index >= 15 is 4.39 Å². The molecule has 0 bridgehead atoms. The number of carbonyl (C=O) groups is 1. The quantitative estimate of drug-likeness (QED) is 0.336. The average molecular weight is 529 g/mol. The van der Waals surface area contributed by atoms with Crippen LogP contribution in [-0.2, 0) is 4.79 Å². The predicted octanol–water partition coefficient (Wildman–Crippen LogP) is 8.29. The molecule has 2 aliphatic rings. The lowest BCUT2D eigenvalue weighted by Crippen LogP contribution is -2.45. The maximum absolute atomic E-state index is 15.4. The molecule has 1 aliphatic heterocycles. The van der Waals surface area contributed by atoms with Crippen LogP contribution in [0.15, 0.2) is 83.6 Å². The van der Waals surface area contributed by atoms with Crippen molar-refractivity contribution >= 4 is 34.7 Å². The Kier molecular flexibility index (Phi) is 6.52. The molecule has 0 saturated carbocycles. The number of aliphatic hydroxyl groups is 1. The van der Waals surface area contributed by atoms with Crippen molar-refractivity contribution in [1.82, 2.24) is 0 Å². The van der Waals surface area contributed by atoms with E-state index in [0.717, 1.165) is 11.1 Å². The monoisotopic (exact) mass is 528 g/mol. The van der Waals surface area contributed by atoms with E-state index in [0.29, 0.717) is 34.0 Å². The summed E-state index contributed by atoms with van der Waals surface area (Å²) in [6, 6.07) is 19.0. The Hall–Kier alpha value is -3.70. The molecule has 1 unspecified atom stereocenters. The largest absolute Gasteiger partial charge is 0.507 e. The van der Waals surface area contributed by atoms with Gasteiger partial charge in [0.15, 0.2) is 5.78 Å². The highest BCUT2D eigenvalue weighted by molar-refractivity contribution is 6.32. The van der Waals surface area contributed by atoms with Crippen LogP contribution in [0.3, 0.4) is 0 Å². The van der Waals surface area contributed by atoms with E-state index in [-0.39, 0.29) is 40.4 Å². The molecule has 3 aromatic rings. The number of hydrogen-bond donors (Lipinski definition) is 2. The summed E-state index contributed by atoms with van der Waals surface area (Å²) in [6.07, 6.45) is 0.789. The van der Waals surface area contributed by atoms with Crippen molar-refractivity contribution in [2.24, 2.45) is 5.41 Å². The second-order valence-electron chi connectivity index (χ2n) is 11.0. The fourth-order valence-corrected chi connectivity index (χ4v) is 5.78. The van der Waals surface area contributed by atoms with E-state index in [1.54, 1.807) is 47.4 Å². The van der Waals surface area contributed by atoms with Gasteiger partial charge in [-0.15, -0.1) is 0 Å². The summed E-state index contributed by atoms with van der Waals surface area (Å²) in [6.45, 7) is 7.86. The van der Waals surface area contributed by atoms with Crippen LogP contribution < -0.4 is 4.90 Å². The number of aliphatic hydroxyl groups excluding tert-OH is 1. The summed E-state index contributed by atoms with van der Waals surface area (Å²) >= 11 is 6.50. The lowest BCUT2D eigenvalue weighted by molar-refractivity contribution is -0.118. The van der Waals surface area contributed by atoms with Gasteiger partial charge < -0.3 is 5.11 Å². The summed E-state index contributed by atoms with van der Waals surface area (Å²) < 4.78 is 15.4. The molecule has 4 nitrogen and oxygen atoms in total. The molecule has 0 saturated heterocycles. The van der Waals surface area contributed by atoms with Gasteiger partial charge in [-0.3, -0.25) is 15.1 Å². The van der Waals surface area contributed by atoms with Crippen LogP contribution in [0, 0.1) is 30.5 Å². The average Bonchev–Trinajstić information content (AvgIpc) is 2.85. The lowest BCUT2D eigenvalue weighted by atomic mass is 9.67. The third kappa shape index (κ3) is 4.35. The molecule has 0 radical (unpaired) electrons. The van der Waals surface area contributed by atoms with Gasteiger partial charge in [0.1, 0.15) is 17.4 Å². The molecule has 1 atom stereocenters. The Labute approximate surface area is 227 Å². The van der Waals surface area contributed by atoms with Gasteiger partial charge >= 0.3 is 0 Å². The number of amidine groups is 1. The Balaban J connectivity index is 1.90. The number of allylic oxidation sites excluding steroid dienone is 2. The van der Waals surface area contributed by atoms with Crippen LogP contribution in [0.2, 0.25) is 5.02 Å². The second-order valence-corrected chi connectivity index (χ2v) is 11.4. The van der Waals surface area contributed by atoms with Gasteiger partial charge in [0.05, 0.1) is 5.69 Å². The van der Waals surface area contributed by atoms with Crippen LogP contribution in [0.1, 0.15) is 54.9 Å². The van der Waals surface area contributed by atoms with Crippen molar-refractivity contribution < 1.29 is 14.3 Å². The molecule has 194 valence electrons. The van der Waals surface area contributed by atoms with Crippen LogP contribution in [0.5, 0.6) is 0 Å². The van der Waals surface area contributed by atoms with E-state index in [1.165, 1.54) is 6.07 Å². The number of rotatable bonds is 3. The normalized spacial score (nSPS) is 20.5. The van der Waals surface area contributed by atoms with E-state index in [4.69, 9.17) is 11.6 Å². The molecular weight excluding hydrogens is 499 g/mol. The maximum atomic E-state index is 15.4. The first-order valence-corrected chi connectivity index (χ1v) is 13.0. The SMILES string of the molecule is Cc1ccc(/C(O)=C2\C(=N)N(c3cccc(Cl)c3C)C3=C(C(=O)CC(C)(C)C3)C2c2ccccc2F)cc1. The zero-order chi connectivity index (χ0) is 27.4. The number of anilines is 1. The van der Waals surface area contributed by atoms with Crippen LogP contribution in [0.4, 0.5) is 10.1 Å². The van der Waals surface area contributed by atoms with E-state index < -0.39 is 11.7 Å². The molecule has 0 fully saturated rings. The van der Waals surface area contributed by atoms with Crippen molar-refractivity contribution in [3.63, 3.8) is 0 Å². The highest BCUT2D eigenvalue weighted by Crippen LogP contribution is 2.52. The Morgan fingerprint density at radius 1 is 1.03 bits per heavy atom. The van der Waals surface area contributed by atoms with Crippen molar-refractivity contribution in [3.8, 4) is 0 Å². The minimum absolute atomic E-state index is 0.00838. The standard InChI is InChI=1S/C32H30ClFN2O2/c1-18-12-14-20(15-13-18)30(38)29-27(21-8-5-6-10-23(21)34)28-25(16-32(3,4)17-26(28)37)36(31(29)35)24-11-7-9-22(33)19(24)2/h5-15,27,35,38H,16-17H2,1-4H3/b30-29+,35-31?. The number of aryl methyl sites for hydroxylation is 1. The van der Waals surface area contributed by atoms with Crippen molar-refractivity contribution in [2.45, 2.75) is 46.5 Å². The maximum Gasteiger partial charge on any atom is 0.162 e. The van der Waals surface area contributed by atoms with Crippen LogP contribution in [-0.4, -0.2) is 16.7 Å². The number of Topliss-reactive ketones (excluding diaryl/α,β-unsaturated/α-hetero) is 1. The molecule has 6 heteroatoms. The van der Waals surface area contributed by atoms with Crippen LogP contribution >= 0.6 is 11.6 Å². The number of ketones is 1. The smallest absolute Gasteiger partial charge is 0.162 e. The van der Waals surface area contributed by atoms with Gasteiger partial charge in [0.2, 0.25) is 0 Å². The van der Waals surface area contributed by atoms with E-state index in [2.05, 4.69) is 0 Å². The molecule has 5 rings (SSSR count). The molecule has 1 heterocycles. The number of hydrogen-bond acceptors (Lipinski definition) is 3. The molecule has 38 heavy (non-hydrogen) atoms. The first-order chi connectivity index (χ1) is 18.0. The minimum Gasteiger partial charge on any atom is -0.507 e. The summed E-state index contributed by atoms with van der Waals surface area (Å²) in [5, 5.41) is 21.8. The van der Waals surface area contributed by atoms with Crippen molar-refractivity contribution in [3.05, 3.63) is 117 Å². The molecule has 0 amide bonds. The van der Waals surface area contributed by atoms with Gasteiger partial charge in [0, 0.05) is 45.3 Å². The summed E-state index contributed by atoms with van der Waals surface area (Å²) in [7, 11) is 0. The molecule has 1 aliphatic carbocycles. The van der Waals surface area contributed by atoms with E-state index in [9.17, 15) is 15.3 Å². The predicted molar refractivity (Wildman–Crippen MR) is 151 cm³/mol.